The van der Waals surface area contributed by atoms with Crippen LogP contribution >= 0.6 is 0 Å². The molecule has 20 heavy (non-hydrogen) atoms. The van der Waals surface area contributed by atoms with Crippen molar-refractivity contribution in [1.29, 1.82) is 0 Å². The van der Waals surface area contributed by atoms with Gasteiger partial charge < -0.3 is 19.7 Å². The standard InChI is InChI=1S/C14H9NO5/c16-10-6-7(13(17)18)5-9-11(10)12(14(19)20)8-3-1-2-4-15(8)9/h1-6,16H,(H,17,18)(H,19,20). The second-order valence-electron chi connectivity index (χ2n) is 4.33. The molecular weight excluding hydrogens is 262 g/mol. The zero-order valence-corrected chi connectivity index (χ0v) is 10.1. The van der Waals surface area contributed by atoms with E-state index >= 15 is 0 Å². The fourth-order valence-corrected chi connectivity index (χ4v) is 2.38. The van der Waals surface area contributed by atoms with Gasteiger partial charge in [0.05, 0.1) is 27.5 Å². The van der Waals surface area contributed by atoms with Gasteiger partial charge in [-0.05, 0) is 24.3 Å². The van der Waals surface area contributed by atoms with Crippen LogP contribution in [0.15, 0.2) is 36.5 Å². The molecule has 0 amide bonds. The Labute approximate surface area is 112 Å². The minimum atomic E-state index is -1.19. The van der Waals surface area contributed by atoms with Gasteiger partial charge in [-0.15, -0.1) is 0 Å². The molecule has 0 aliphatic rings. The maximum Gasteiger partial charge on any atom is 0.338 e. The van der Waals surface area contributed by atoms with Crippen LogP contribution in [-0.4, -0.2) is 31.7 Å². The molecule has 6 heteroatoms. The van der Waals surface area contributed by atoms with Gasteiger partial charge in [0.25, 0.3) is 0 Å². The summed E-state index contributed by atoms with van der Waals surface area (Å²) in [6.07, 6.45) is 1.62. The molecule has 1 aromatic carbocycles. The molecule has 2 aromatic heterocycles. The molecule has 0 unspecified atom stereocenters. The van der Waals surface area contributed by atoms with E-state index < -0.39 is 11.9 Å². The van der Waals surface area contributed by atoms with Crippen molar-refractivity contribution in [3.8, 4) is 5.75 Å². The summed E-state index contributed by atoms with van der Waals surface area (Å²) in [4.78, 5) is 22.5. The molecule has 0 aliphatic carbocycles. The maximum atomic E-state index is 11.4. The van der Waals surface area contributed by atoms with Gasteiger partial charge in [0, 0.05) is 6.20 Å². The highest BCUT2D eigenvalue weighted by molar-refractivity contribution is 6.14. The second-order valence-corrected chi connectivity index (χ2v) is 4.33. The van der Waals surface area contributed by atoms with Crippen LogP contribution in [0.25, 0.3) is 16.4 Å². The SMILES string of the molecule is O=C(O)c1cc(O)c2c(C(=O)O)c3ccccn3c2c1. The number of hydrogen-bond acceptors (Lipinski definition) is 3. The van der Waals surface area contributed by atoms with Gasteiger partial charge in [0.2, 0.25) is 0 Å². The minimum Gasteiger partial charge on any atom is -0.507 e. The molecular formula is C14H9NO5. The van der Waals surface area contributed by atoms with Crippen molar-refractivity contribution >= 4 is 28.4 Å². The maximum absolute atomic E-state index is 11.4. The van der Waals surface area contributed by atoms with Gasteiger partial charge in [-0.3, -0.25) is 0 Å². The molecule has 0 aliphatic heterocycles. The number of phenols is 1. The summed E-state index contributed by atoms with van der Waals surface area (Å²) in [6.45, 7) is 0. The number of aromatic hydroxyl groups is 1. The van der Waals surface area contributed by atoms with Crippen molar-refractivity contribution < 1.29 is 24.9 Å². The summed E-state index contributed by atoms with van der Waals surface area (Å²) in [5.41, 5.74) is 0.591. The first-order valence-electron chi connectivity index (χ1n) is 5.73. The average Bonchev–Trinajstić information content (AvgIpc) is 2.74. The van der Waals surface area contributed by atoms with E-state index in [0.717, 1.165) is 6.07 Å². The lowest BCUT2D eigenvalue weighted by Gasteiger charge is -2.01. The first-order valence-corrected chi connectivity index (χ1v) is 5.73. The van der Waals surface area contributed by atoms with Crippen LogP contribution < -0.4 is 0 Å². The fourth-order valence-electron chi connectivity index (χ4n) is 2.38. The van der Waals surface area contributed by atoms with Crippen molar-refractivity contribution in [1.82, 2.24) is 4.40 Å². The Morgan fingerprint density at radius 1 is 1.00 bits per heavy atom. The molecule has 0 fully saturated rings. The van der Waals surface area contributed by atoms with E-state index in [-0.39, 0.29) is 22.3 Å². The molecule has 100 valence electrons. The Balaban J connectivity index is 2.59. The van der Waals surface area contributed by atoms with Crippen molar-refractivity contribution in [3.63, 3.8) is 0 Å². The topological polar surface area (TPSA) is 99.2 Å². The molecule has 3 N–H and O–H groups in total. The number of aromatic nitrogens is 1. The number of nitrogens with zero attached hydrogens (tertiary/aromatic N) is 1. The van der Waals surface area contributed by atoms with Gasteiger partial charge in [-0.2, -0.15) is 0 Å². The molecule has 0 spiro atoms. The van der Waals surface area contributed by atoms with Crippen LogP contribution in [0.2, 0.25) is 0 Å². The van der Waals surface area contributed by atoms with Gasteiger partial charge in [0.15, 0.2) is 0 Å². The third-order valence-corrected chi connectivity index (χ3v) is 3.18. The summed E-state index contributed by atoms with van der Waals surface area (Å²) < 4.78 is 1.55. The van der Waals surface area contributed by atoms with Crippen LogP contribution in [0.5, 0.6) is 5.75 Å². The lowest BCUT2D eigenvalue weighted by Crippen LogP contribution is -1.97. The summed E-state index contributed by atoms with van der Waals surface area (Å²) in [5, 5.41) is 28.5. The second kappa shape index (κ2) is 3.99. The summed E-state index contributed by atoms with van der Waals surface area (Å²) in [6, 6.07) is 7.37. The van der Waals surface area contributed by atoms with Crippen molar-refractivity contribution in [2.75, 3.05) is 0 Å². The molecule has 0 saturated heterocycles. The zero-order chi connectivity index (χ0) is 14.4. The molecule has 0 atom stereocenters. The number of aromatic carboxylic acids is 2. The van der Waals surface area contributed by atoms with Crippen LogP contribution in [0.4, 0.5) is 0 Å². The normalized spacial score (nSPS) is 11.0. The number of carboxylic acids is 2. The number of phenolic OH excluding ortho intramolecular Hbond substituents is 1. The van der Waals surface area contributed by atoms with E-state index in [1.54, 1.807) is 28.8 Å². The van der Waals surface area contributed by atoms with Crippen molar-refractivity contribution in [2.45, 2.75) is 0 Å². The van der Waals surface area contributed by atoms with Crippen LogP contribution in [-0.2, 0) is 0 Å². The number of fused-ring (bicyclic) bond motifs is 3. The zero-order valence-electron chi connectivity index (χ0n) is 10.1. The van der Waals surface area contributed by atoms with Gasteiger partial charge in [0.1, 0.15) is 5.75 Å². The first kappa shape index (κ1) is 12.0. The number of rotatable bonds is 2. The molecule has 6 nitrogen and oxygen atoms in total. The Morgan fingerprint density at radius 2 is 1.75 bits per heavy atom. The molecule has 0 saturated carbocycles. The number of hydrogen-bond donors (Lipinski definition) is 3. The molecule has 0 radical (unpaired) electrons. The Kier molecular flexibility index (Phi) is 2.40. The number of carboxylic acid groups (broad SMARTS) is 2. The quantitative estimate of drug-likeness (QED) is 0.663. The average molecular weight is 271 g/mol. The Bertz CT molecular complexity index is 878. The van der Waals surface area contributed by atoms with Crippen molar-refractivity contribution in [3.05, 3.63) is 47.7 Å². The van der Waals surface area contributed by atoms with E-state index in [9.17, 15) is 19.8 Å². The summed E-state index contributed by atoms with van der Waals surface area (Å²) in [7, 11) is 0. The van der Waals surface area contributed by atoms with Crippen LogP contribution in [0, 0.1) is 0 Å². The van der Waals surface area contributed by atoms with Gasteiger partial charge >= 0.3 is 11.9 Å². The monoisotopic (exact) mass is 271 g/mol. The minimum absolute atomic E-state index is 0.0463. The highest BCUT2D eigenvalue weighted by Crippen LogP contribution is 2.34. The summed E-state index contributed by atoms with van der Waals surface area (Å²) >= 11 is 0. The highest BCUT2D eigenvalue weighted by Gasteiger charge is 2.21. The van der Waals surface area contributed by atoms with E-state index in [4.69, 9.17) is 5.11 Å². The van der Waals surface area contributed by atoms with Crippen molar-refractivity contribution in [2.24, 2.45) is 0 Å². The van der Waals surface area contributed by atoms with Gasteiger partial charge in [-0.25, -0.2) is 9.59 Å². The third-order valence-electron chi connectivity index (χ3n) is 3.18. The third kappa shape index (κ3) is 1.51. The van der Waals surface area contributed by atoms with E-state index in [1.165, 1.54) is 6.07 Å². The predicted octanol–water partition coefficient (Wildman–Crippen LogP) is 2.19. The number of carbonyl (C=O) groups is 2. The largest absolute Gasteiger partial charge is 0.507 e. The van der Waals surface area contributed by atoms with E-state index in [1.807, 2.05) is 0 Å². The van der Waals surface area contributed by atoms with Crippen LogP contribution in [0.3, 0.4) is 0 Å². The Morgan fingerprint density at radius 3 is 2.40 bits per heavy atom. The fraction of sp³-hybridized carbons (Fsp3) is 0. The van der Waals surface area contributed by atoms with Crippen LogP contribution in [0.1, 0.15) is 20.7 Å². The Hall–Kier alpha value is -3.02. The van der Waals surface area contributed by atoms with Gasteiger partial charge in [-0.1, -0.05) is 6.07 Å². The predicted molar refractivity (Wildman–Crippen MR) is 70.5 cm³/mol. The first-order chi connectivity index (χ1) is 9.50. The molecule has 3 rings (SSSR count). The van der Waals surface area contributed by atoms with E-state index in [0.29, 0.717) is 11.0 Å². The number of pyridine rings is 1. The van der Waals surface area contributed by atoms with E-state index in [2.05, 4.69) is 0 Å². The summed E-state index contributed by atoms with van der Waals surface area (Å²) in [5.74, 6) is -2.73. The number of benzene rings is 1. The molecule has 0 bridgehead atoms. The molecule has 3 aromatic rings. The molecule has 2 heterocycles. The smallest absolute Gasteiger partial charge is 0.338 e. The lowest BCUT2D eigenvalue weighted by atomic mass is 10.1. The lowest BCUT2D eigenvalue weighted by molar-refractivity contribution is 0.0688. The highest BCUT2D eigenvalue weighted by atomic mass is 16.4.